The predicted octanol–water partition coefficient (Wildman–Crippen LogP) is 2.92. The largest absolute Gasteiger partial charge is 0.381 e. The summed E-state index contributed by atoms with van der Waals surface area (Å²) in [5.41, 5.74) is 2.55. The molecule has 0 amide bonds. The third-order valence-electron chi connectivity index (χ3n) is 3.19. The van der Waals surface area contributed by atoms with Gasteiger partial charge in [0.15, 0.2) is 0 Å². The van der Waals surface area contributed by atoms with E-state index < -0.39 is 0 Å². The van der Waals surface area contributed by atoms with Crippen LogP contribution in [-0.2, 0) is 4.74 Å². The minimum atomic E-state index is 0.464. The van der Waals surface area contributed by atoms with Crippen LogP contribution in [0.2, 0.25) is 0 Å². The minimum absolute atomic E-state index is 0.464. The molecule has 0 saturated carbocycles. The Morgan fingerprint density at radius 2 is 2.05 bits per heavy atom. The second-order valence-electron chi connectivity index (χ2n) is 4.59. The maximum atomic E-state index is 5.05. The summed E-state index contributed by atoms with van der Waals surface area (Å²) in [6.07, 6.45) is 7.31. The van der Waals surface area contributed by atoms with Crippen molar-refractivity contribution in [1.29, 1.82) is 0 Å². The first-order valence-electron chi connectivity index (χ1n) is 7.01. The first-order chi connectivity index (χ1) is 9.11. The first kappa shape index (κ1) is 17.9. The van der Waals surface area contributed by atoms with E-state index in [1.165, 1.54) is 11.3 Å². The molecule has 0 saturated heterocycles. The number of allylic oxidation sites excluding steroid dienone is 1. The van der Waals surface area contributed by atoms with Gasteiger partial charge >= 0.3 is 0 Å². The molecule has 0 spiro atoms. The van der Waals surface area contributed by atoms with Gasteiger partial charge in [-0.3, -0.25) is 0 Å². The molecular weight excluding hydrogens is 236 g/mol. The molecule has 3 nitrogen and oxygen atoms in total. The summed E-state index contributed by atoms with van der Waals surface area (Å²) in [5, 5.41) is 0. The van der Waals surface area contributed by atoms with E-state index >= 15 is 0 Å². The number of likely N-dealkylation sites (N-methyl/N-ethyl adjacent to an activating group) is 2. The van der Waals surface area contributed by atoms with Crippen molar-refractivity contribution < 1.29 is 4.74 Å². The van der Waals surface area contributed by atoms with E-state index in [2.05, 4.69) is 43.6 Å². The Morgan fingerprint density at radius 3 is 2.53 bits per heavy atom. The molecule has 1 atom stereocenters. The lowest BCUT2D eigenvalue weighted by atomic mass is 9.95. The quantitative estimate of drug-likeness (QED) is 0.761. The minimum Gasteiger partial charge on any atom is -0.381 e. The van der Waals surface area contributed by atoms with E-state index in [-0.39, 0.29) is 0 Å². The van der Waals surface area contributed by atoms with E-state index in [4.69, 9.17) is 4.74 Å². The maximum absolute atomic E-state index is 5.05. The van der Waals surface area contributed by atoms with Gasteiger partial charge < -0.3 is 14.5 Å². The third kappa shape index (κ3) is 5.21. The predicted molar refractivity (Wildman–Crippen MR) is 84.3 cm³/mol. The average Bonchev–Trinajstić information content (AvgIpc) is 2.42. The summed E-state index contributed by atoms with van der Waals surface area (Å²) in [4.78, 5) is 4.54. The molecule has 0 bridgehead atoms. The summed E-state index contributed by atoms with van der Waals surface area (Å²) in [6, 6.07) is 0.464. The molecule has 0 aromatic heterocycles. The summed E-state index contributed by atoms with van der Waals surface area (Å²) in [6.45, 7) is 9.68. The normalized spacial score (nSPS) is 19.7. The highest BCUT2D eigenvalue weighted by molar-refractivity contribution is 5.37. The van der Waals surface area contributed by atoms with Gasteiger partial charge in [-0.25, -0.2) is 0 Å². The van der Waals surface area contributed by atoms with Crippen molar-refractivity contribution in [3.63, 3.8) is 0 Å². The van der Waals surface area contributed by atoms with Crippen molar-refractivity contribution in [2.45, 2.75) is 26.3 Å². The van der Waals surface area contributed by atoms with Gasteiger partial charge in [-0.1, -0.05) is 32.6 Å². The highest BCUT2D eigenvalue weighted by Gasteiger charge is 2.24. The molecule has 0 aliphatic carbocycles. The Morgan fingerprint density at radius 1 is 1.42 bits per heavy atom. The number of ether oxygens (including phenoxy) is 1. The Balaban J connectivity index is 0.00000154. The molecule has 0 radical (unpaired) electrons. The number of rotatable bonds is 5. The SMILES string of the molecule is C=CC1=C(/C=C\COC)N(C)CCC1N(C)C.CC. The van der Waals surface area contributed by atoms with Crippen molar-refractivity contribution in [1.82, 2.24) is 9.80 Å². The zero-order valence-electron chi connectivity index (χ0n) is 13.4. The highest BCUT2D eigenvalue weighted by Crippen LogP contribution is 2.25. The molecule has 1 unspecified atom stereocenters. The standard InChI is InChI=1S/C14H24N2O.C2H6/c1-6-12-13(15(2)3)9-10-16(4)14(12)8-7-11-17-5;1-2/h6-8,13H,1,9-11H2,2-5H3;1-2H3/b8-7-;. The van der Waals surface area contributed by atoms with E-state index in [0.29, 0.717) is 12.6 Å². The van der Waals surface area contributed by atoms with Crippen LogP contribution in [0, 0.1) is 0 Å². The van der Waals surface area contributed by atoms with E-state index in [1.54, 1.807) is 7.11 Å². The lowest BCUT2D eigenvalue weighted by molar-refractivity contribution is 0.233. The molecular formula is C16H30N2O. The maximum Gasteiger partial charge on any atom is 0.0647 e. The molecule has 0 aromatic rings. The van der Waals surface area contributed by atoms with Crippen molar-refractivity contribution >= 4 is 0 Å². The third-order valence-corrected chi connectivity index (χ3v) is 3.19. The van der Waals surface area contributed by atoms with Crippen LogP contribution in [-0.4, -0.2) is 57.2 Å². The smallest absolute Gasteiger partial charge is 0.0647 e. The van der Waals surface area contributed by atoms with Crippen molar-refractivity contribution in [3.05, 3.63) is 36.1 Å². The number of hydrogen-bond donors (Lipinski definition) is 0. The van der Waals surface area contributed by atoms with Gasteiger partial charge in [-0.05, 0) is 32.2 Å². The molecule has 1 heterocycles. The zero-order valence-corrected chi connectivity index (χ0v) is 13.4. The fourth-order valence-electron chi connectivity index (χ4n) is 2.24. The van der Waals surface area contributed by atoms with E-state index in [1.807, 2.05) is 26.0 Å². The molecule has 0 fully saturated rings. The van der Waals surface area contributed by atoms with Gasteiger partial charge in [-0.2, -0.15) is 0 Å². The van der Waals surface area contributed by atoms with Gasteiger partial charge in [0.25, 0.3) is 0 Å². The average molecular weight is 266 g/mol. The molecule has 110 valence electrons. The van der Waals surface area contributed by atoms with Crippen LogP contribution >= 0.6 is 0 Å². The topological polar surface area (TPSA) is 15.7 Å². The molecule has 1 aliphatic rings. The van der Waals surface area contributed by atoms with E-state index in [9.17, 15) is 0 Å². The van der Waals surface area contributed by atoms with Crippen molar-refractivity contribution in [3.8, 4) is 0 Å². The number of hydrogen-bond acceptors (Lipinski definition) is 3. The highest BCUT2D eigenvalue weighted by atomic mass is 16.5. The van der Waals surface area contributed by atoms with Crippen molar-refractivity contribution in [2.75, 3.05) is 41.4 Å². The monoisotopic (exact) mass is 266 g/mol. The van der Waals surface area contributed by atoms with Crippen LogP contribution in [0.5, 0.6) is 0 Å². The number of nitrogens with zero attached hydrogens (tertiary/aromatic N) is 2. The van der Waals surface area contributed by atoms with Crippen LogP contribution in [0.3, 0.4) is 0 Å². The Labute approximate surface area is 119 Å². The molecule has 1 aliphatic heterocycles. The van der Waals surface area contributed by atoms with Gasteiger partial charge in [0.05, 0.1) is 6.61 Å². The summed E-state index contributed by atoms with van der Waals surface area (Å²) < 4.78 is 5.05. The lowest BCUT2D eigenvalue weighted by Gasteiger charge is -2.36. The zero-order chi connectivity index (χ0) is 14.8. The molecule has 1 rings (SSSR count). The lowest BCUT2D eigenvalue weighted by Crippen LogP contribution is -2.39. The number of methoxy groups -OCH3 is 1. The van der Waals surface area contributed by atoms with Crippen LogP contribution < -0.4 is 0 Å². The second-order valence-corrected chi connectivity index (χ2v) is 4.59. The molecule has 0 N–H and O–H groups in total. The van der Waals surface area contributed by atoms with Crippen LogP contribution in [0.15, 0.2) is 36.1 Å². The fourth-order valence-corrected chi connectivity index (χ4v) is 2.24. The Hall–Kier alpha value is -1.06. The van der Waals surface area contributed by atoms with Gasteiger partial charge in [0.2, 0.25) is 0 Å². The van der Waals surface area contributed by atoms with Gasteiger partial charge in [0, 0.05) is 32.4 Å². The van der Waals surface area contributed by atoms with Gasteiger partial charge in [-0.15, -0.1) is 0 Å². The van der Waals surface area contributed by atoms with Crippen LogP contribution in [0.4, 0.5) is 0 Å². The van der Waals surface area contributed by atoms with Crippen molar-refractivity contribution in [2.24, 2.45) is 0 Å². The molecule has 3 heteroatoms. The van der Waals surface area contributed by atoms with Gasteiger partial charge in [0.1, 0.15) is 0 Å². The van der Waals surface area contributed by atoms with Crippen LogP contribution in [0.25, 0.3) is 0 Å². The second kappa shape index (κ2) is 9.82. The van der Waals surface area contributed by atoms with Crippen LogP contribution in [0.1, 0.15) is 20.3 Å². The first-order valence-corrected chi connectivity index (χ1v) is 7.01. The Kier molecular flexibility index (Phi) is 9.27. The summed E-state index contributed by atoms with van der Waals surface area (Å²) in [5.74, 6) is 0. The van der Waals surface area contributed by atoms with E-state index in [0.717, 1.165) is 13.0 Å². The fraction of sp³-hybridized carbons (Fsp3) is 0.625. The summed E-state index contributed by atoms with van der Waals surface area (Å²) in [7, 11) is 8.08. The summed E-state index contributed by atoms with van der Waals surface area (Å²) >= 11 is 0. The Bertz CT molecular complexity index is 319. The molecule has 0 aromatic carbocycles. The molecule has 19 heavy (non-hydrogen) atoms.